The number of aliphatic carboxylic acids is 1. The van der Waals surface area contributed by atoms with E-state index in [1.165, 1.54) is 64.2 Å². The first kappa shape index (κ1) is 22.3. The Labute approximate surface area is 166 Å². The van der Waals surface area contributed by atoms with Crippen molar-refractivity contribution in [3.63, 3.8) is 0 Å². The number of hydrogen-bond donors (Lipinski definition) is 1. The third-order valence-electron chi connectivity index (χ3n) is 7.78. The molecule has 4 atom stereocenters. The van der Waals surface area contributed by atoms with E-state index in [1.54, 1.807) is 0 Å². The Morgan fingerprint density at radius 2 is 1.93 bits per heavy atom. The molecule has 2 saturated carbocycles. The topological polar surface area (TPSA) is 61.1 Å². The Kier molecular flexibility index (Phi) is 9.13. The van der Waals surface area contributed by atoms with Gasteiger partial charge in [-0.25, -0.2) is 0 Å². The molecule has 3 nitrogen and oxygen atoms in total. The number of carboxylic acids is 1. The monoisotopic (exact) mass is 375 g/mol. The van der Waals surface area contributed by atoms with Gasteiger partial charge in [0, 0.05) is 12.3 Å². The van der Waals surface area contributed by atoms with E-state index in [4.69, 9.17) is 5.11 Å². The fourth-order valence-electron chi connectivity index (χ4n) is 6.27. The molecule has 0 aromatic heterocycles. The van der Waals surface area contributed by atoms with Gasteiger partial charge < -0.3 is 5.11 Å². The van der Waals surface area contributed by atoms with Crippen LogP contribution in [0.1, 0.15) is 110 Å². The Morgan fingerprint density at radius 1 is 1.19 bits per heavy atom. The molecule has 2 aliphatic rings. The van der Waals surface area contributed by atoms with Crippen LogP contribution in [0.15, 0.2) is 0 Å². The highest BCUT2D eigenvalue weighted by atomic mass is 16.4. The highest BCUT2D eigenvalue weighted by Crippen LogP contribution is 2.56. The van der Waals surface area contributed by atoms with E-state index in [9.17, 15) is 10.1 Å². The summed E-state index contributed by atoms with van der Waals surface area (Å²) in [5.74, 6) is 1.51. The van der Waals surface area contributed by atoms with E-state index in [0.29, 0.717) is 29.6 Å². The molecule has 3 heteroatoms. The smallest absolute Gasteiger partial charge is 0.303 e. The van der Waals surface area contributed by atoms with Crippen LogP contribution in [-0.2, 0) is 4.79 Å². The van der Waals surface area contributed by atoms with Crippen LogP contribution in [0.25, 0.3) is 0 Å². The van der Waals surface area contributed by atoms with Crippen LogP contribution in [0.4, 0.5) is 0 Å². The molecule has 0 aliphatic heterocycles. The quantitative estimate of drug-likeness (QED) is 0.420. The molecule has 0 aromatic rings. The molecule has 0 spiro atoms. The number of nitrogens with zero attached hydrogens (tertiary/aromatic N) is 1. The predicted molar refractivity (Wildman–Crippen MR) is 110 cm³/mol. The van der Waals surface area contributed by atoms with Gasteiger partial charge in [-0.15, -0.1) is 0 Å². The Morgan fingerprint density at radius 3 is 2.56 bits per heavy atom. The van der Waals surface area contributed by atoms with Crippen molar-refractivity contribution in [1.82, 2.24) is 0 Å². The highest BCUT2D eigenvalue weighted by molar-refractivity contribution is 5.66. The maximum absolute atomic E-state index is 10.9. The van der Waals surface area contributed by atoms with Crippen LogP contribution >= 0.6 is 0 Å². The van der Waals surface area contributed by atoms with E-state index >= 15 is 0 Å². The summed E-state index contributed by atoms with van der Waals surface area (Å²) in [6.07, 6.45) is 17.5. The summed E-state index contributed by atoms with van der Waals surface area (Å²) < 4.78 is 0. The summed E-state index contributed by atoms with van der Waals surface area (Å²) in [5, 5.41) is 18.6. The first-order valence-corrected chi connectivity index (χ1v) is 11.6. The van der Waals surface area contributed by atoms with E-state index in [-0.39, 0.29) is 5.92 Å². The van der Waals surface area contributed by atoms with Gasteiger partial charge in [0.15, 0.2) is 0 Å². The minimum atomic E-state index is -0.671. The summed E-state index contributed by atoms with van der Waals surface area (Å²) in [4.78, 5) is 10.9. The van der Waals surface area contributed by atoms with E-state index in [1.807, 2.05) is 0 Å². The lowest BCUT2D eigenvalue weighted by Crippen LogP contribution is -2.43. The zero-order chi connectivity index (χ0) is 19.7. The summed E-state index contributed by atoms with van der Waals surface area (Å²) >= 11 is 0. The number of rotatable bonds is 10. The fourth-order valence-corrected chi connectivity index (χ4v) is 6.27. The summed E-state index contributed by atoms with van der Waals surface area (Å²) in [6, 6.07) is 2.60. The Balaban J connectivity index is 2.15. The normalized spacial score (nSPS) is 29.0. The van der Waals surface area contributed by atoms with Gasteiger partial charge in [0.2, 0.25) is 0 Å². The SMILES string of the molecule is CCCCCC1(C2CC(C#N)CCC2C(C)CCCC(=O)O)CCCCC1. The van der Waals surface area contributed by atoms with Gasteiger partial charge in [0.05, 0.1) is 6.07 Å². The van der Waals surface area contributed by atoms with Crippen molar-refractivity contribution in [3.8, 4) is 6.07 Å². The van der Waals surface area contributed by atoms with Crippen LogP contribution in [0.3, 0.4) is 0 Å². The number of carboxylic acid groups (broad SMARTS) is 1. The van der Waals surface area contributed by atoms with Crippen LogP contribution < -0.4 is 0 Å². The van der Waals surface area contributed by atoms with Gasteiger partial charge in [0.25, 0.3) is 0 Å². The molecule has 154 valence electrons. The summed E-state index contributed by atoms with van der Waals surface area (Å²) in [6.45, 7) is 4.64. The van der Waals surface area contributed by atoms with Crippen LogP contribution in [0, 0.1) is 40.4 Å². The van der Waals surface area contributed by atoms with E-state index in [2.05, 4.69) is 19.9 Å². The zero-order valence-electron chi connectivity index (χ0n) is 17.7. The van der Waals surface area contributed by atoms with Crippen molar-refractivity contribution < 1.29 is 9.90 Å². The maximum Gasteiger partial charge on any atom is 0.303 e. The molecule has 0 amide bonds. The lowest BCUT2D eigenvalue weighted by Gasteiger charge is -2.52. The zero-order valence-corrected chi connectivity index (χ0v) is 17.7. The molecule has 0 radical (unpaired) electrons. The second-order valence-electron chi connectivity index (χ2n) is 9.55. The molecule has 0 bridgehead atoms. The minimum Gasteiger partial charge on any atom is -0.481 e. The number of unbranched alkanes of at least 4 members (excludes halogenated alkanes) is 2. The van der Waals surface area contributed by atoms with Crippen molar-refractivity contribution in [2.45, 2.75) is 110 Å². The number of carbonyl (C=O) groups is 1. The van der Waals surface area contributed by atoms with Gasteiger partial charge in [-0.05, 0) is 74.5 Å². The van der Waals surface area contributed by atoms with Gasteiger partial charge in [0.1, 0.15) is 0 Å². The number of hydrogen-bond acceptors (Lipinski definition) is 2. The molecule has 0 heterocycles. The molecule has 0 aromatic carbocycles. The average molecular weight is 376 g/mol. The molecule has 2 rings (SSSR count). The third-order valence-corrected chi connectivity index (χ3v) is 7.78. The minimum absolute atomic E-state index is 0.238. The van der Waals surface area contributed by atoms with Crippen LogP contribution in [0.5, 0.6) is 0 Å². The average Bonchev–Trinajstić information content (AvgIpc) is 2.68. The van der Waals surface area contributed by atoms with Gasteiger partial charge in [-0.2, -0.15) is 5.26 Å². The fraction of sp³-hybridized carbons (Fsp3) is 0.917. The molecule has 2 aliphatic carbocycles. The molecule has 27 heavy (non-hydrogen) atoms. The highest BCUT2D eigenvalue weighted by Gasteiger charge is 2.46. The second-order valence-corrected chi connectivity index (χ2v) is 9.55. The molecule has 4 unspecified atom stereocenters. The largest absolute Gasteiger partial charge is 0.481 e. The Hall–Kier alpha value is -1.04. The van der Waals surface area contributed by atoms with Crippen LogP contribution in [-0.4, -0.2) is 11.1 Å². The van der Waals surface area contributed by atoms with Gasteiger partial charge >= 0.3 is 5.97 Å². The van der Waals surface area contributed by atoms with Crippen molar-refractivity contribution in [3.05, 3.63) is 0 Å². The number of nitriles is 1. The van der Waals surface area contributed by atoms with Crippen molar-refractivity contribution in [2.75, 3.05) is 0 Å². The summed E-state index contributed by atoms with van der Waals surface area (Å²) in [7, 11) is 0. The van der Waals surface area contributed by atoms with Crippen molar-refractivity contribution in [2.24, 2.45) is 29.1 Å². The third kappa shape index (κ3) is 6.23. The lowest BCUT2D eigenvalue weighted by molar-refractivity contribution is -0.137. The molecular weight excluding hydrogens is 334 g/mol. The Bertz CT molecular complexity index is 489. The van der Waals surface area contributed by atoms with E-state index in [0.717, 1.165) is 25.7 Å². The predicted octanol–water partition coefficient (Wildman–Crippen LogP) is 6.96. The first-order valence-electron chi connectivity index (χ1n) is 11.6. The van der Waals surface area contributed by atoms with E-state index < -0.39 is 5.97 Å². The van der Waals surface area contributed by atoms with Crippen LogP contribution in [0.2, 0.25) is 0 Å². The van der Waals surface area contributed by atoms with Crippen molar-refractivity contribution >= 4 is 5.97 Å². The second kappa shape index (κ2) is 11.1. The first-order chi connectivity index (χ1) is 13.0. The molecule has 1 N–H and O–H groups in total. The van der Waals surface area contributed by atoms with Gasteiger partial charge in [-0.3, -0.25) is 4.79 Å². The molecular formula is C24H41NO2. The molecule has 2 fully saturated rings. The maximum atomic E-state index is 10.9. The standard InChI is InChI=1S/C24H41NO2/c1-3-4-6-14-24(15-7-5-8-16-24)22-17-20(18-25)12-13-21(22)19(2)10-9-11-23(26)27/h19-22H,3-17H2,1-2H3,(H,26,27). The molecule has 0 saturated heterocycles. The lowest BCUT2D eigenvalue weighted by atomic mass is 9.53. The summed E-state index contributed by atoms with van der Waals surface area (Å²) in [5.41, 5.74) is 0.453. The van der Waals surface area contributed by atoms with Crippen molar-refractivity contribution in [1.29, 1.82) is 5.26 Å². The van der Waals surface area contributed by atoms with Gasteiger partial charge in [-0.1, -0.05) is 52.4 Å².